The molecule has 0 spiro atoms. The van der Waals surface area contributed by atoms with Crippen LogP contribution in [0.3, 0.4) is 0 Å². The molecule has 5 nitrogen and oxygen atoms in total. The van der Waals surface area contributed by atoms with Gasteiger partial charge >= 0.3 is 0 Å². The van der Waals surface area contributed by atoms with Crippen LogP contribution in [0.1, 0.15) is 28.4 Å². The number of carbonyl (C=O) groups excluding carboxylic acids is 1. The lowest BCUT2D eigenvalue weighted by atomic mass is 10.1. The molecule has 140 valence electrons. The van der Waals surface area contributed by atoms with Crippen LogP contribution >= 0.6 is 11.3 Å². The van der Waals surface area contributed by atoms with Crippen LogP contribution in [0.25, 0.3) is 10.2 Å². The number of anilines is 1. The van der Waals surface area contributed by atoms with Crippen LogP contribution in [0, 0.1) is 0 Å². The number of nitrogens with one attached hydrogen (secondary N) is 1. The van der Waals surface area contributed by atoms with Crippen molar-refractivity contribution in [2.45, 2.75) is 19.9 Å². The summed E-state index contributed by atoms with van der Waals surface area (Å²) in [5.74, 6) is -0.123. The van der Waals surface area contributed by atoms with Gasteiger partial charge in [0.05, 0.1) is 23.4 Å². The minimum absolute atomic E-state index is 0.123. The van der Waals surface area contributed by atoms with Gasteiger partial charge in [-0.3, -0.25) is 15.0 Å². The predicted octanol–water partition coefficient (Wildman–Crippen LogP) is 3.94. The summed E-state index contributed by atoms with van der Waals surface area (Å²) in [4.78, 5) is 19.4. The Morgan fingerprint density at radius 2 is 1.89 bits per heavy atom. The number of carbonyl (C=O) groups is 1. The topological polar surface area (TPSA) is 54.5 Å². The van der Waals surface area contributed by atoms with Crippen molar-refractivity contribution in [3.05, 3.63) is 59.2 Å². The van der Waals surface area contributed by atoms with E-state index < -0.39 is 0 Å². The molecular weight excluding hydrogens is 358 g/mol. The van der Waals surface area contributed by atoms with E-state index in [-0.39, 0.29) is 5.91 Å². The molecule has 0 atom stereocenters. The molecule has 0 unspecified atom stereocenters. The Hall–Kier alpha value is -2.28. The highest BCUT2D eigenvalue weighted by Crippen LogP contribution is 2.27. The molecule has 27 heavy (non-hydrogen) atoms. The van der Waals surface area contributed by atoms with E-state index in [1.54, 1.807) is 0 Å². The number of ether oxygens (including phenoxy) is 1. The Labute approximate surface area is 163 Å². The molecule has 2 heterocycles. The first kappa shape index (κ1) is 18.1. The first-order valence-corrected chi connectivity index (χ1v) is 10.1. The van der Waals surface area contributed by atoms with Crippen molar-refractivity contribution in [1.82, 2.24) is 9.88 Å². The number of nitrogens with zero attached hydrogens (tertiary/aromatic N) is 2. The minimum Gasteiger partial charge on any atom is -0.379 e. The van der Waals surface area contributed by atoms with Crippen molar-refractivity contribution in [3.8, 4) is 0 Å². The Balaban J connectivity index is 1.41. The van der Waals surface area contributed by atoms with Crippen molar-refractivity contribution in [3.63, 3.8) is 0 Å². The predicted molar refractivity (Wildman–Crippen MR) is 109 cm³/mol. The summed E-state index contributed by atoms with van der Waals surface area (Å²) in [6.45, 7) is 6.53. The number of rotatable bonds is 5. The second-order valence-corrected chi connectivity index (χ2v) is 7.74. The average Bonchev–Trinajstić information content (AvgIpc) is 3.10. The highest BCUT2D eigenvalue weighted by Gasteiger charge is 2.13. The van der Waals surface area contributed by atoms with Gasteiger partial charge in [-0.25, -0.2) is 4.98 Å². The second kappa shape index (κ2) is 8.17. The molecule has 1 N–H and O–H groups in total. The van der Waals surface area contributed by atoms with E-state index >= 15 is 0 Å². The fraction of sp³-hybridized carbons (Fsp3) is 0.333. The van der Waals surface area contributed by atoms with E-state index in [4.69, 9.17) is 4.74 Å². The first-order chi connectivity index (χ1) is 13.2. The Bertz CT molecular complexity index is 930. The van der Waals surface area contributed by atoms with E-state index in [0.29, 0.717) is 10.7 Å². The van der Waals surface area contributed by atoms with Gasteiger partial charge < -0.3 is 4.74 Å². The zero-order chi connectivity index (χ0) is 18.6. The van der Waals surface area contributed by atoms with E-state index in [0.717, 1.165) is 49.5 Å². The van der Waals surface area contributed by atoms with Gasteiger partial charge in [-0.05, 0) is 41.8 Å². The van der Waals surface area contributed by atoms with E-state index in [1.807, 2.05) is 30.3 Å². The van der Waals surface area contributed by atoms with Crippen LogP contribution in [0.4, 0.5) is 5.13 Å². The van der Waals surface area contributed by atoms with E-state index in [2.05, 4.69) is 34.3 Å². The smallest absolute Gasteiger partial charge is 0.257 e. The maximum atomic E-state index is 12.5. The highest BCUT2D eigenvalue weighted by atomic mass is 32.1. The molecule has 3 aromatic rings. The van der Waals surface area contributed by atoms with Gasteiger partial charge in [0.2, 0.25) is 0 Å². The normalized spacial score (nSPS) is 15.1. The number of thiazole rings is 1. The first-order valence-electron chi connectivity index (χ1n) is 9.31. The Morgan fingerprint density at radius 1 is 1.15 bits per heavy atom. The number of hydrogen-bond donors (Lipinski definition) is 1. The van der Waals surface area contributed by atoms with E-state index in [9.17, 15) is 4.79 Å². The van der Waals surface area contributed by atoms with Crippen molar-refractivity contribution >= 4 is 32.6 Å². The molecule has 1 amide bonds. The van der Waals surface area contributed by atoms with Crippen LogP contribution in [-0.4, -0.2) is 42.1 Å². The number of aryl methyl sites for hydroxylation is 1. The SMILES string of the molecule is CCc1ccc2nc(NC(=O)c3ccc(CN4CCOCC4)cc3)sc2c1. The quantitative estimate of drug-likeness (QED) is 0.727. The van der Waals surface area contributed by atoms with Crippen molar-refractivity contribution in [2.24, 2.45) is 0 Å². The van der Waals surface area contributed by atoms with Gasteiger partial charge in [-0.15, -0.1) is 0 Å². The molecule has 2 aromatic carbocycles. The lowest BCUT2D eigenvalue weighted by Crippen LogP contribution is -2.35. The van der Waals surface area contributed by atoms with Crippen LogP contribution in [0.15, 0.2) is 42.5 Å². The molecule has 0 aliphatic carbocycles. The lowest BCUT2D eigenvalue weighted by molar-refractivity contribution is 0.0342. The molecule has 1 fully saturated rings. The van der Waals surface area contributed by atoms with Crippen molar-refractivity contribution in [2.75, 3.05) is 31.6 Å². The van der Waals surface area contributed by atoms with Gasteiger partial charge in [0.25, 0.3) is 5.91 Å². The summed E-state index contributed by atoms with van der Waals surface area (Å²) >= 11 is 1.51. The number of amides is 1. The van der Waals surface area contributed by atoms with Gasteiger partial charge in [-0.2, -0.15) is 0 Å². The molecular formula is C21H23N3O2S. The van der Waals surface area contributed by atoms with Crippen LogP contribution in [0.5, 0.6) is 0 Å². The summed E-state index contributed by atoms with van der Waals surface area (Å²) in [6.07, 6.45) is 0.992. The largest absolute Gasteiger partial charge is 0.379 e. The van der Waals surface area contributed by atoms with E-state index in [1.165, 1.54) is 22.5 Å². The number of benzene rings is 2. The number of aromatic nitrogens is 1. The zero-order valence-electron chi connectivity index (χ0n) is 15.4. The number of morpholine rings is 1. The van der Waals surface area contributed by atoms with Crippen molar-refractivity contribution < 1.29 is 9.53 Å². The van der Waals surface area contributed by atoms with Crippen LogP contribution in [0.2, 0.25) is 0 Å². The molecule has 0 saturated carbocycles. The molecule has 1 aliphatic rings. The molecule has 0 bridgehead atoms. The summed E-state index contributed by atoms with van der Waals surface area (Å²) in [6, 6.07) is 14.1. The van der Waals surface area contributed by atoms with Crippen LogP contribution < -0.4 is 5.32 Å². The fourth-order valence-corrected chi connectivity index (χ4v) is 4.12. The second-order valence-electron chi connectivity index (χ2n) is 6.71. The summed E-state index contributed by atoms with van der Waals surface area (Å²) in [7, 11) is 0. The molecule has 6 heteroatoms. The van der Waals surface area contributed by atoms with Crippen LogP contribution in [-0.2, 0) is 17.7 Å². The summed E-state index contributed by atoms with van der Waals surface area (Å²) in [5.41, 5.74) is 4.06. The van der Waals surface area contributed by atoms with Gasteiger partial charge in [0.15, 0.2) is 5.13 Å². The maximum Gasteiger partial charge on any atom is 0.257 e. The van der Waals surface area contributed by atoms with Gasteiger partial charge in [0, 0.05) is 25.2 Å². The third-order valence-corrected chi connectivity index (χ3v) is 5.74. The third kappa shape index (κ3) is 4.35. The number of fused-ring (bicyclic) bond motifs is 1. The molecule has 4 rings (SSSR count). The highest BCUT2D eigenvalue weighted by molar-refractivity contribution is 7.22. The molecule has 0 radical (unpaired) electrons. The Kier molecular flexibility index (Phi) is 5.48. The number of hydrogen-bond acceptors (Lipinski definition) is 5. The summed E-state index contributed by atoms with van der Waals surface area (Å²) in [5, 5.41) is 3.57. The molecule has 1 aromatic heterocycles. The monoisotopic (exact) mass is 381 g/mol. The fourth-order valence-electron chi connectivity index (χ4n) is 3.19. The maximum absolute atomic E-state index is 12.5. The minimum atomic E-state index is -0.123. The molecule has 1 saturated heterocycles. The Morgan fingerprint density at radius 3 is 2.63 bits per heavy atom. The van der Waals surface area contributed by atoms with Gasteiger partial charge in [0.1, 0.15) is 0 Å². The molecule has 1 aliphatic heterocycles. The standard InChI is InChI=1S/C21H23N3O2S/c1-2-15-5-8-18-19(13-15)27-21(22-18)23-20(25)17-6-3-16(4-7-17)14-24-9-11-26-12-10-24/h3-8,13H,2,9-12,14H2,1H3,(H,22,23,25). The van der Waals surface area contributed by atoms with Gasteiger partial charge in [-0.1, -0.05) is 36.5 Å². The zero-order valence-corrected chi connectivity index (χ0v) is 16.2. The van der Waals surface area contributed by atoms with Crippen molar-refractivity contribution in [1.29, 1.82) is 0 Å². The lowest BCUT2D eigenvalue weighted by Gasteiger charge is -2.26. The average molecular weight is 382 g/mol. The summed E-state index contributed by atoms with van der Waals surface area (Å²) < 4.78 is 6.48. The third-order valence-electron chi connectivity index (χ3n) is 4.81.